The van der Waals surface area contributed by atoms with Crippen LogP contribution < -0.4 is 5.32 Å². The molecule has 0 saturated carbocycles. The molecule has 0 bridgehead atoms. The van der Waals surface area contributed by atoms with Gasteiger partial charge < -0.3 is 14.7 Å². The number of aromatic nitrogens is 1. The van der Waals surface area contributed by atoms with Crippen molar-refractivity contribution in [2.24, 2.45) is 4.99 Å². The molecular weight excluding hydrogens is 218 g/mol. The number of aliphatic imine (C=N–C) groups is 1. The zero-order valence-electron chi connectivity index (χ0n) is 10.4. The van der Waals surface area contributed by atoms with Crippen LogP contribution in [0.15, 0.2) is 21.8 Å². The van der Waals surface area contributed by atoms with Crippen molar-refractivity contribution in [3.63, 3.8) is 0 Å². The number of nitrogens with one attached hydrogen (secondary N) is 1. The van der Waals surface area contributed by atoms with Gasteiger partial charge in [-0.3, -0.25) is 9.89 Å². The van der Waals surface area contributed by atoms with Gasteiger partial charge in [0.2, 0.25) is 0 Å². The third-order valence-corrected chi connectivity index (χ3v) is 2.98. The molecule has 0 aliphatic carbocycles. The average molecular weight is 237 g/mol. The second kappa shape index (κ2) is 5.67. The van der Waals surface area contributed by atoms with Gasteiger partial charge in [0.25, 0.3) is 0 Å². The quantitative estimate of drug-likeness (QED) is 0.579. The van der Waals surface area contributed by atoms with Crippen molar-refractivity contribution >= 4 is 5.96 Å². The highest BCUT2D eigenvalue weighted by atomic mass is 16.5. The third kappa shape index (κ3) is 2.97. The van der Waals surface area contributed by atoms with Crippen molar-refractivity contribution in [1.82, 2.24) is 20.3 Å². The van der Waals surface area contributed by atoms with Crippen molar-refractivity contribution in [2.75, 3.05) is 40.3 Å². The van der Waals surface area contributed by atoms with Gasteiger partial charge in [0.15, 0.2) is 5.96 Å². The van der Waals surface area contributed by atoms with Gasteiger partial charge in [-0.25, -0.2) is 0 Å². The lowest BCUT2D eigenvalue weighted by molar-refractivity contribution is 0.169. The summed E-state index contributed by atoms with van der Waals surface area (Å²) in [5.74, 6) is 0.964. The van der Waals surface area contributed by atoms with E-state index in [1.807, 2.05) is 20.2 Å². The molecule has 0 unspecified atom stereocenters. The molecule has 94 valence electrons. The zero-order valence-corrected chi connectivity index (χ0v) is 10.4. The van der Waals surface area contributed by atoms with Crippen LogP contribution in [0.2, 0.25) is 0 Å². The topological polar surface area (TPSA) is 56.9 Å². The molecule has 1 fully saturated rings. The maximum absolute atomic E-state index is 4.83. The molecule has 6 nitrogen and oxygen atoms in total. The van der Waals surface area contributed by atoms with E-state index in [-0.39, 0.29) is 0 Å². The number of piperazine rings is 1. The molecule has 6 heteroatoms. The third-order valence-electron chi connectivity index (χ3n) is 2.98. The predicted octanol–water partition coefficient (Wildman–Crippen LogP) is -0.00260. The van der Waals surface area contributed by atoms with E-state index in [4.69, 9.17) is 4.52 Å². The van der Waals surface area contributed by atoms with Crippen LogP contribution in [0, 0.1) is 0 Å². The maximum atomic E-state index is 4.83. The molecule has 0 spiro atoms. The summed E-state index contributed by atoms with van der Waals surface area (Å²) in [6.07, 6.45) is 1.62. The fourth-order valence-electron chi connectivity index (χ4n) is 2.08. The van der Waals surface area contributed by atoms with Crippen LogP contribution >= 0.6 is 0 Å². The predicted molar refractivity (Wildman–Crippen MR) is 65.8 cm³/mol. The Hall–Kier alpha value is -1.56. The molecule has 0 aromatic carbocycles. The van der Waals surface area contributed by atoms with Crippen LogP contribution in [0.4, 0.5) is 0 Å². The second-order valence-corrected chi connectivity index (χ2v) is 4.05. The molecule has 1 aliphatic rings. The lowest BCUT2D eigenvalue weighted by atomic mass is 10.3. The average Bonchev–Trinajstić information content (AvgIpc) is 2.86. The van der Waals surface area contributed by atoms with Gasteiger partial charge in [0, 0.05) is 52.9 Å². The Bertz CT molecular complexity index is 354. The molecular formula is C11H19N5O. The van der Waals surface area contributed by atoms with Gasteiger partial charge in [-0.05, 0) is 0 Å². The molecule has 0 amide bonds. The van der Waals surface area contributed by atoms with E-state index in [0.717, 1.165) is 44.4 Å². The summed E-state index contributed by atoms with van der Waals surface area (Å²) in [6.45, 7) is 4.89. The summed E-state index contributed by atoms with van der Waals surface area (Å²) in [7, 11) is 3.72. The molecule has 17 heavy (non-hydrogen) atoms. The number of hydrogen-bond acceptors (Lipinski definition) is 4. The lowest BCUT2D eigenvalue weighted by Gasteiger charge is -2.35. The lowest BCUT2D eigenvalue weighted by Crippen LogP contribution is -2.51. The Morgan fingerprint density at radius 1 is 1.47 bits per heavy atom. The van der Waals surface area contributed by atoms with Crippen LogP contribution in [0.5, 0.6) is 0 Å². The van der Waals surface area contributed by atoms with E-state index in [2.05, 4.69) is 25.3 Å². The minimum Gasteiger partial charge on any atom is -0.364 e. The van der Waals surface area contributed by atoms with Gasteiger partial charge in [0.05, 0.1) is 5.69 Å². The number of nitrogens with zero attached hydrogens (tertiary/aromatic N) is 4. The summed E-state index contributed by atoms with van der Waals surface area (Å²) < 4.78 is 4.83. The van der Waals surface area contributed by atoms with E-state index >= 15 is 0 Å². The first-order valence-corrected chi connectivity index (χ1v) is 5.84. The van der Waals surface area contributed by atoms with E-state index in [1.165, 1.54) is 0 Å². The summed E-state index contributed by atoms with van der Waals surface area (Å²) in [4.78, 5) is 8.85. The molecule has 0 radical (unpaired) electrons. The zero-order chi connectivity index (χ0) is 12.1. The Kier molecular flexibility index (Phi) is 3.98. The first kappa shape index (κ1) is 11.9. The fourth-order valence-corrected chi connectivity index (χ4v) is 2.08. The molecule has 1 aliphatic heterocycles. The molecule has 1 aromatic rings. The molecule has 1 saturated heterocycles. The number of hydrogen-bond donors (Lipinski definition) is 1. The second-order valence-electron chi connectivity index (χ2n) is 4.05. The van der Waals surface area contributed by atoms with E-state index in [1.54, 1.807) is 6.26 Å². The fraction of sp³-hybridized carbons (Fsp3) is 0.636. The van der Waals surface area contributed by atoms with Crippen molar-refractivity contribution in [1.29, 1.82) is 0 Å². The van der Waals surface area contributed by atoms with Gasteiger partial charge in [-0.1, -0.05) is 5.16 Å². The van der Waals surface area contributed by atoms with Gasteiger partial charge in [0.1, 0.15) is 6.26 Å². The smallest absolute Gasteiger partial charge is 0.193 e. The van der Waals surface area contributed by atoms with Gasteiger partial charge in [-0.15, -0.1) is 0 Å². The molecule has 2 heterocycles. The molecule has 0 atom stereocenters. The standard InChI is InChI=1S/C11H19N5O/c1-12-11(13-2)16-6-4-15(5-7-16)9-10-3-8-17-14-10/h3,8H,4-7,9H2,1-2H3,(H,12,13). The highest BCUT2D eigenvalue weighted by molar-refractivity contribution is 5.79. The largest absolute Gasteiger partial charge is 0.364 e. The summed E-state index contributed by atoms with van der Waals surface area (Å²) in [5, 5.41) is 7.04. The van der Waals surface area contributed by atoms with Gasteiger partial charge >= 0.3 is 0 Å². The highest BCUT2D eigenvalue weighted by Gasteiger charge is 2.19. The maximum Gasteiger partial charge on any atom is 0.193 e. The SMILES string of the molecule is CN=C(NC)N1CCN(Cc2ccon2)CC1. The van der Waals surface area contributed by atoms with Crippen LogP contribution in [0.25, 0.3) is 0 Å². The van der Waals surface area contributed by atoms with E-state index in [9.17, 15) is 0 Å². The van der Waals surface area contributed by atoms with Gasteiger partial charge in [-0.2, -0.15) is 0 Å². The number of guanidine groups is 1. The van der Waals surface area contributed by atoms with Crippen LogP contribution in [-0.2, 0) is 6.54 Å². The summed E-state index contributed by atoms with van der Waals surface area (Å²) in [6, 6.07) is 1.92. The number of rotatable bonds is 2. The van der Waals surface area contributed by atoms with Crippen molar-refractivity contribution in [2.45, 2.75) is 6.54 Å². The molecule has 1 aromatic heterocycles. The minimum atomic E-state index is 0.864. The summed E-state index contributed by atoms with van der Waals surface area (Å²) >= 11 is 0. The van der Waals surface area contributed by atoms with Crippen molar-refractivity contribution < 1.29 is 4.52 Å². The Morgan fingerprint density at radius 2 is 2.24 bits per heavy atom. The van der Waals surface area contributed by atoms with E-state index in [0.29, 0.717) is 0 Å². The molecule has 2 rings (SSSR count). The summed E-state index contributed by atoms with van der Waals surface area (Å²) in [5.41, 5.74) is 0.997. The highest BCUT2D eigenvalue weighted by Crippen LogP contribution is 2.06. The first-order valence-electron chi connectivity index (χ1n) is 5.84. The molecule has 1 N–H and O–H groups in total. The Morgan fingerprint density at radius 3 is 2.76 bits per heavy atom. The Balaban J connectivity index is 1.82. The van der Waals surface area contributed by atoms with Crippen molar-refractivity contribution in [3.05, 3.63) is 18.0 Å². The normalized spacial score (nSPS) is 18.5. The Labute approximate surface area is 101 Å². The van der Waals surface area contributed by atoms with E-state index < -0.39 is 0 Å². The first-order chi connectivity index (χ1) is 8.33. The van der Waals surface area contributed by atoms with Crippen LogP contribution in [0.3, 0.4) is 0 Å². The monoisotopic (exact) mass is 237 g/mol. The minimum absolute atomic E-state index is 0.864. The van der Waals surface area contributed by atoms with Crippen LogP contribution in [-0.4, -0.2) is 61.2 Å². The van der Waals surface area contributed by atoms with Crippen molar-refractivity contribution in [3.8, 4) is 0 Å². The van der Waals surface area contributed by atoms with Crippen LogP contribution in [0.1, 0.15) is 5.69 Å².